The Labute approximate surface area is 186 Å². The maximum atomic E-state index is 11.8. The summed E-state index contributed by atoms with van der Waals surface area (Å²) < 4.78 is 35.4. The minimum atomic E-state index is -4.71. The van der Waals surface area contributed by atoms with E-state index in [-0.39, 0.29) is 51.5 Å². The van der Waals surface area contributed by atoms with Crippen molar-refractivity contribution >= 4 is 21.5 Å². The van der Waals surface area contributed by atoms with E-state index in [9.17, 15) is 22.9 Å². The maximum absolute atomic E-state index is 11.8. The van der Waals surface area contributed by atoms with Gasteiger partial charge in [0.1, 0.15) is 15.9 Å². The normalized spacial score (nSPS) is 15.7. The molecule has 0 saturated carbocycles. The molecule has 138 valence electrons. The number of phenols is 1. The van der Waals surface area contributed by atoms with E-state index in [1.54, 1.807) is 50.3 Å². The topological polar surface area (TPSA) is 94.5 Å². The smallest absolute Gasteiger partial charge is 0.744 e. The summed E-state index contributed by atoms with van der Waals surface area (Å²) in [5.74, 6) is -0.0290. The fourth-order valence-corrected chi connectivity index (χ4v) is 3.67. The molecule has 28 heavy (non-hydrogen) atoms. The van der Waals surface area contributed by atoms with E-state index in [4.69, 9.17) is 0 Å². The van der Waals surface area contributed by atoms with Crippen molar-refractivity contribution in [3.8, 4) is 5.75 Å². The average molecular weight is 404 g/mol. The van der Waals surface area contributed by atoms with Gasteiger partial charge >= 0.3 is 29.6 Å². The van der Waals surface area contributed by atoms with Gasteiger partial charge in [-0.05, 0) is 72.0 Å². The summed E-state index contributed by atoms with van der Waals surface area (Å²) in [6.45, 7) is 3.39. The standard InChI is InChI=1S/C21H18O5S.Na/c1-13-11-15(7-9-18(13)22)21(16-8-10-19(23)14(2)12-16)17-5-3-4-6-20(17)27(24,25)26;/h3-12,22H,1-2H3,(H,24,25,26);/q;+1/p-1/b21-16+;. The van der Waals surface area contributed by atoms with Crippen molar-refractivity contribution < 1.29 is 52.4 Å². The number of ketones is 1. The zero-order valence-corrected chi connectivity index (χ0v) is 18.6. The summed E-state index contributed by atoms with van der Waals surface area (Å²) in [4.78, 5) is 11.5. The number of carbonyl (C=O) groups excluding carboxylic acids is 1. The largest absolute Gasteiger partial charge is 1.00 e. The van der Waals surface area contributed by atoms with E-state index in [0.29, 0.717) is 27.8 Å². The van der Waals surface area contributed by atoms with E-state index in [0.717, 1.165) is 0 Å². The molecular weight excluding hydrogens is 387 g/mol. The van der Waals surface area contributed by atoms with Gasteiger partial charge < -0.3 is 9.66 Å². The van der Waals surface area contributed by atoms with Gasteiger partial charge in [-0.3, -0.25) is 4.79 Å². The second-order valence-electron chi connectivity index (χ2n) is 6.31. The Hall–Kier alpha value is -1.96. The Morgan fingerprint density at radius 1 is 1.04 bits per heavy atom. The molecule has 1 aliphatic carbocycles. The number of aromatic hydroxyl groups is 1. The number of aryl methyl sites for hydroxylation is 1. The third kappa shape index (κ3) is 4.54. The molecule has 0 aromatic heterocycles. The van der Waals surface area contributed by atoms with E-state index in [1.807, 2.05) is 0 Å². The molecule has 7 heteroatoms. The van der Waals surface area contributed by atoms with Crippen LogP contribution in [0.4, 0.5) is 0 Å². The van der Waals surface area contributed by atoms with Gasteiger partial charge in [-0.25, -0.2) is 8.42 Å². The molecule has 2 aromatic carbocycles. The van der Waals surface area contributed by atoms with Crippen molar-refractivity contribution in [1.29, 1.82) is 0 Å². The Kier molecular flexibility index (Phi) is 6.85. The first-order valence-electron chi connectivity index (χ1n) is 8.19. The predicted octanol–water partition coefficient (Wildman–Crippen LogP) is 0.496. The number of allylic oxidation sites excluding steroid dienone is 5. The first-order chi connectivity index (χ1) is 12.7. The predicted molar refractivity (Wildman–Crippen MR) is 101 cm³/mol. The van der Waals surface area contributed by atoms with Crippen LogP contribution in [0.3, 0.4) is 0 Å². The van der Waals surface area contributed by atoms with Crippen LogP contribution in [0.5, 0.6) is 5.75 Å². The molecule has 0 radical (unpaired) electrons. The van der Waals surface area contributed by atoms with Gasteiger partial charge in [0.15, 0.2) is 5.78 Å². The van der Waals surface area contributed by atoms with Gasteiger partial charge in [-0.15, -0.1) is 0 Å². The molecular formula is C21H17NaO5S. The molecule has 0 heterocycles. The second-order valence-corrected chi connectivity index (χ2v) is 7.65. The van der Waals surface area contributed by atoms with Crippen molar-refractivity contribution in [2.45, 2.75) is 18.7 Å². The number of phenolic OH excluding ortho intramolecular Hbond substituents is 1. The van der Waals surface area contributed by atoms with Crippen molar-refractivity contribution in [2.24, 2.45) is 0 Å². The SMILES string of the molecule is CC1=C/C(=C(\c2ccc(O)c(C)c2)c2ccccc2S(=O)(=O)[O-])C=CC1=O.[Na+]. The summed E-state index contributed by atoms with van der Waals surface area (Å²) in [5, 5.41) is 9.83. The minimum absolute atomic E-state index is 0. The van der Waals surface area contributed by atoms with E-state index in [1.165, 1.54) is 24.3 Å². The molecule has 1 aliphatic rings. The van der Waals surface area contributed by atoms with Crippen LogP contribution < -0.4 is 29.6 Å². The molecule has 1 N–H and O–H groups in total. The number of hydrogen-bond donors (Lipinski definition) is 1. The van der Waals surface area contributed by atoms with Gasteiger partial charge in [0.25, 0.3) is 0 Å². The zero-order valence-electron chi connectivity index (χ0n) is 15.8. The maximum Gasteiger partial charge on any atom is 1.00 e. The number of rotatable bonds is 3. The summed E-state index contributed by atoms with van der Waals surface area (Å²) >= 11 is 0. The third-order valence-corrected chi connectivity index (χ3v) is 5.27. The van der Waals surface area contributed by atoms with Crippen molar-refractivity contribution in [3.63, 3.8) is 0 Å². The minimum Gasteiger partial charge on any atom is -0.744 e. The number of benzene rings is 2. The monoisotopic (exact) mass is 404 g/mol. The molecule has 0 aliphatic heterocycles. The van der Waals surface area contributed by atoms with Crippen LogP contribution in [-0.2, 0) is 14.9 Å². The molecule has 2 aromatic rings. The molecule has 5 nitrogen and oxygen atoms in total. The van der Waals surface area contributed by atoms with Gasteiger partial charge in [-0.2, -0.15) is 0 Å². The van der Waals surface area contributed by atoms with E-state index in [2.05, 4.69) is 0 Å². The van der Waals surface area contributed by atoms with Gasteiger partial charge in [0.2, 0.25) is 0 Å². The number of carbonyl (C=O) groups is 1. The Morgan fingerprint density at radius 2 is 1.71 bits per heavy atom. The summed E-state index contributed by atoms with van der Waals surface area (Å²) in [6, 6.07) is 10.8. The first-order valence-corrected chi connectivity index (χ1v) is 9.59. The van der Waals surface area contributed by atoms with Gasteiger partial charge in [0.05, 0.1) is 4.90 Å². The van der Waals surface area contributed by atoms with Gasteiger partial charge in [0, 0.05) is 5.56 Å². The van der Waals surface area contributed by atoms with Crippen LogP contribution in [0.15, 0.2) is 76.7 Å². The Morgan fingerprint density at radius 3 is 2.32 bits per heavy atom. The van der Waals surface area contributed by atoms with Gasteiger partial charge in [-0.1, -0.05) is 30.3 Å². The fourth-order valence-electron chi connectivity index (χ4n) is 2.98. The molecule has 0 saturated heterocycles. The van der Waals surface area contributed by atoms with Crippen molar-refractivity contribution in [3.05, 3.63) is 88.5 Å². The van der Waals surface area contributed by atoms with Crippen LogP contribution >= 0.6 is 0 Å². The van der Waals surface area contributed by atoms with Crippen LogP contribution in [0.25, 0.3) is 5.57 Å². The Balaban J connectivity index is 0.00000280. The van der Waals surface area contributed by atoms with E-state index < -0.39 is 10.1 Å². The fraction of sp³-hybridized carbons (Fsp3) is 0.0952. The quantitative estimate of drug-likeness (QED) is 0.594. The van der Waals surface area contributed by atoms with Crippen LogP contribution in [0.2, 0.25) is 0 Å². The van der Waals surface area contributed by atoms with Crippen molar-refractivity contribution in [2.75, 3.05) is 0 Å². The molecule has 0 spiro atoms. The molecule has 0 amide bonds. The summed E-state index contributed by atoms with van der Waals surface area (Å²) in [5.41, 5.74) is 3.08. The molecule has 0 atom stereocenters. The zero-order chi connectivity index (χ0) is 19.8. The molecule has 0 fully saturated rings. The van der Waals surface area contributed by atoms with Crippen LogP contribution in [-0.4, -0.2) is 23.9 Å². The second kappa shape index (κ2) is 8.59. The van der Waals surface area contributed by atoms with Crippen molar-refractivity contribution in [1.82, 2.24) is 0 Å². The number of hydrogen-bond acceptors (Lipinski definition) is 5. The average Bonchev–Trinajstić information content (AvgIpc) is 2.61. The summed E-state index contributed by atoms with van der Waals surface area (Å²) in [7, 11) is -4.71. The molecule has 0 unspecified atom stereocenters. The third-order valence-electron chi connectivity index (χ3n) is 4.37. The Bertz CT molecular complexity index is 1140. The first kappa shape index (κ1) is 22.3. The van der Waals surface area contributed by atoms with Crippen LogP contribution in [0.1, 0.15) is 23.6 Å². The van der Waals surface area contributed by atoms with E-state index >= 15 is 0 Å². The molecule has 3 rings (SSSR count). The van der Waals surface area contributed by atoms with Crippen LogP contribution in [0, 0.1) is 6.92 Å². The molecule has 0 bridgehead atoms. The summed E-state index contributed by atoms with van der Waals surface area (Å²) in [6.07, 6.45) is 4.67.